The Kier molecular flexibility index (Phi) is 6.82. The molecule has 2 heterocycles. The maximum absolute atomic E-state index is 16.0. The fourth-order valence-corrected chi connectivity index (χ4v) is 9.25. The highest BCUT2D eigenvalue weighted by Crippen LogP contribution is 2.69. The van der Waals surface area contributed by atoms with E-state index >= 15 is 4.57 Å². The third kappa shape index (κ3) is 4.65. The van der Waals surface area contributed by atoms with Crippen LogP contribution in [0, 0.1) is 0 Å². The molecule has 1 unspecified atom stereocenters. The Hall–Kier alpha value is -5.03. The van der Waals surface area contributed by atoms with Crippen LogP contribution in [0.2, 0.25) is 0 Å². The predicted molar refractivity (Wildman–Crippen MR) is 189 cm³/mol. The molecule has 1 aliphatic rings. The van der Waals surface area contributed by atoms with E-state index in [4.69, 9.17) is 9.97 Å². The molecule has 216 valence electrons. The number of benzene rings is 6. The number of hydrogen-bond donors (Lipinski definition) is 0. The lowest BCUT2D eigenvalue weighted by Crippen LogP contribution is -2.27. The predicted octanol–water partition coefficient (Wildman–Crippen LogP) is 10.5. The van der Waals surface area contributed by atoms with E-state index in [2.05, 4.69) is 52.3 Å². The van der Waals surface area contributed by atoms with Gasteiger partial charge in [0.15, 0.2) is 0 Å². The third-order valence-electron chi connectivity index (χ3n) is 8.08. The number of aromatic nitrogens is 2. The molecule has 0 spiro atoms. The van der Waals surface area contributed by atoms with Gasteiger partial charge >= 0.3 is 7.44 Å². The summed E-state index contributed by atoms with van der Waals surface area (Å²) in [4.78, 5) is 10.3. The van der Waals surface area contributed by atoms with Crippen LogP contribution in [0.3, 0.4) is 0 Å². The molecule has 0 fully saturated rings. The van der Waals surface area contributed by atoms with Crippen LogP contribution in [0.1, 0.15) is 0 Å². The Balaban J connectivity index is 1.38. The molecule has 7 heteroatoms. The second-order valence-corrected chi connectivity index (χ2v) is 14.1. The van der Waals surface area contributed by atoms with Crippen molar-refractivity contribution >= 4 is 62.6 Å². The van der Waals surface area contributed by atoms with Gasteiger partial charge in [0.2, 0.25) is 5.95 Å². The van der Waals surface area contributed by atoms with Crippen molar-refractivity contribution in [1.29, 1.82) is 0 Å². The molecule has 6 aromatic carbocycles. The molecule has 0 saturated carbocycles. The van der Waals surface area contributed by atoms with Gasteiger partial charge in [0.25, 0.3) is 0 Å². The molecule has 0 bridgehead atoms. The molecule has 0 N–H and O–H groups in total. The van der Waals surface area contributed by atoms with Crippen LogP contribution in [-0.2, 0) is 4.57 Å². The fraction of sp³-hybridized carbons (Fsp3) is 0. The van der Waals surface area contributed by atoms with Crippen LogP contribution in [0.5, 0.6) is 0 Å². The highest BCUT2D eigenvalue weighted by molar-refractivity contribution is 9.10. The summed E-state index contributed by atoms with van der Waals surface area (Å²) in [6.45, 7) is 0. The lowest BCUT2D eigenvalue weighted by atomic mass is 10.0. The summed E-state index contributed by atoms with van der Waals surface area (Å²) in [5.41, 5.74) is 7.21. The van der Waals surface area contributed by atoms with Crippen molar-refractivity contribution in [1.82, 2.24) is 9.97 Å². The van der Waals surface area contributed by atoms with Crippen molar-refractivity contribution in [3.63, 3.8) is 0 Å². The summed E-state index contributed by atoms with van der Waals surface area (Å²) in [6, 6.07) is 52.3. The number of nitrogens with zero attached hydrogens (tertiary/aromatic N) is 4. The molecule has 0 aliphatic carbocycles. The van der Waals surface area contributed by atoms with Gasteiger partial charge in [-0.1, -0.05) is 125 Å². The number of fused-ring (bicyclic) bond motifs is 2. The molecule has 8 rings (SSSR count). The average molecular weight is 666 g/mol. The van der Waals surface area contributed by atoms with Crippen molar-refractivity contribution in [3.05, 3.63) is 162 Å². The van der Waals surface area contributed by atoms with E-state index in [-0.39, 0.29) is 0 Å². The summed E-state index contributed by atoms with van der Waals surface area (Å²) in [7, 11) is -3.60. The molecule has 5 nitrogen and oxygen atoms in total. The van der Waals surface area contributed by atoms with Crippen molar-refractivity contribution in [2.45, 2.75) is 0 Å². The first kappa shape index (κ1) is 27.5. The first-order valence-electron chi connectivity index (χ1n) is 14.7. The van der Waals surface area contributed by atoms with Crippen LogP contribution in [0.25, 0.3) is 33.3 Å². The zero-order valence-corrected chi connectivity index (χ0v) is 26.5. The molecule has 0 saturated heterocycles. The Morgan fingerprint density at radius 1 is 0.533 bits per heavy atom. The van der Waals surface area contributed by atoms with Gasteiger partial charge in [-0.2, -0.15) is 0 Å². The SMILES string of the molecule is O=P1(c2ccccc2)N(c2ccccc2)c2ccc(Br)cc2N1c1nc(-c2ccc(-c3ccccc3)cc2)c2ccccc2n1. The van der Waals surface area contributed by atoms with Crippen molar-refractivity contribution in [2.24, 2.45) is 0 Å². The van der Waals surface area contributed by atoms with Crippen LogP contribution in [0.15, 0.2) is 162 Å². The highest BCUT2D eigenvalue weighted by Gasteiger charge is 2.50. The van der Waals surface area contributed by atoms with Crippen LogP contribution in [-0.4, -0.2) is 9.97 Å². The number of hydrogen-bond acceptors (Lipinski definition) is 3. The quantitative estimate of drug-likeness (QED) is 0.171. The molecule has 1 aliphatic heterocycles. The Bertz CT molecular complexity index is 2210. The Morgan fingerprint density at radius 2 is 1.13 bits per heavy atom. The third-order valence-corrected chi connectivity index (χ3v) is 11.5. The van der Waals surface area contributed by atoms with Gasteiger partial charge in [0.1, 0.15) is 0 Å². The van der Waals surface area contributed by atoms with Crippen LogP contribution in [0.4, 0.5) is 23.0 Å². The minimum atomic E-state index is -3.60. The number of anilines is 4. The van der Waals surface area contributed by atoms with E-state index in [1.165, 1.54) is 0 Å². The van der Waals surface area contributed by atoms with Gasteiger partial charge < -0.3 is 0 Å². The zero-order chi connectivity index (χ0) is 30.4. The number of para-hydroxylation sites is 2. The van der Waals surface area contributed by atoms with E-state index in [1.807, 2.05) is 131 Å². The monoisotopic (exact) mass is 664 g/mol. The van der Waals surface area contributed by atoms with Gasteiger partial charge in [-0.3, -0.25) is 9.24 Å². The van der Waals surface area contributed by atoms with Crippen molar-refractivity contribution in [2.75, 3.05) is 9.34 Å². The van der Waals surface area contributed by atoms with E-state index < -0.39 is 7.44 Å². The average Bonchev–Trinajstić information content (AvgIpc) is 3.37. The normalized spacial score (nSPS) is 15.8. The first-order valence-corrected chi connectivity index (χ1v) is 17.1. The largest absolute Gasteiger partial charge is 0.304 e. The van der Waals surface area contributed by atoms with Crippen molar-refractivity contribution in [3.8, 4) is 22.4 Å². The number of halogens is 1. The fourth-order valence-electron chi connectivity index (χ4n) is 6.00. The van der Waals surface area contributed by atoms with Gasteiger partial charge in [0.05, 0.1) is 27.9 Å². The Labute approximate surface area is 270 Å². The minimum absolute atomic E-state index is 0.376. The minimum Gasteiger partial charge on any atom is -0.270 e. The molecule has 1 atom stereocenters. The van der Waals surface area contributed by atoms with Gasteiger partial charge in [-0.15, -0.1) is 0 Å². The maximum Gasteiger partial charge on any atom is 0.304 e. The van der Waals surface area contributed by atoms with Gasteiger partial charge in [-0.25, -0.2) is 14.6 Å². The smallest absolute Gasteiger partial charge is 0.270 e. The Morgan fingerprint density at radius 3 is 1.87 bits per heavy atom. The summed E-state index contributed by atoms with van der Waals surface area (Å²) in [5.74, 6) is 0.376. The summed E-state index contributed by atoms with van der Waals surface area (Å²) in [6.07, 6.45) is 0. The topological polar surface area (TPSA) is 49.3 Å². The molecule has 0 radical (unpaired) electrons. The van der Waals surface area contributed by atoms with E-state index in [1.54, 1.807) is 0 Å². The second-order valence-electron chi connectivity index (χ2n) is 10.8. The lowest BCUT2D eigenvalue weighted by molar-refractivity contribution is 0.582. The van der Waals surface area contributed by atoms with Crippen LogP contribution >= 0.6 is 23.4 Å². The second kappa shape index (κ2) is 11.2. The molecule has 45 heavy (non-hydrogen) atoms. The standard InChI is InChI=1S/C38H26BrN4OP/c39-30-24-25-35-36(26-30)43(45(44,32-16-8-3-9-17-32)42(35)31-14-6-2-7-15-31)38-40-34-19-11-10-18-33(34)37(41-38)29-22-20-28(21-23-29)27-12-4-1-5-13-27/h1-26H. The van der Waals surface area contributed by atoms with Gasteiger partial charge in [-0.05, 0) is 59.7 Å². The summed E-state index contributed by atoms with van der Waals surface area (Å²) >= 11 is 3.68. The number of rotatable bonds is 5. The van der Waals surface area contributed by atoms with E-state index in [9.17, 15) is 0 Å². The van der Waals surface area contributed by atoms with Crippen molar-refractivity contribution < 1.29 is 4.57 Å². The maximum atomic E-state index is 16.0. The van der Waals surface area contributed by atoms with E-state index in [0.29, 0.717) is 11.3 Å². The molecular weight excluding hydrogens is 639 g/mol. The molecule has 0 amide bonds. The van der Waals surface area contributed by atoms with Crippen LogP contribution < -0.4 is 14.6 Å². The first-order chi connectivity index (χ1) is 22.1. The van der Waals surface area contributed by atoms with Gasteiger partial charge in [0, 0.05) is 21.1 Å². The summed E-state index contributed by atoms with van der Waals surface area (Å²) < 4.78 is 20.7. The molecular formula is C38H26BrN4OP. The molecule has 1 aromatic heterocycles. The van der Waals surface area contributed by atoms with E-state index in [0.717, 1.165) is 54.8 Å². The summed E-state index contributed by atoms with van der Waals surface area (Å²) in [5, 5.41) is 1.61. The molecule has 7 aromatic rings. The highest BCUT2D eigenvalue weighted by atomic mass is 79.9. The lowest BCUT2D eigenvalue weighted by Gasteiger charge is -2.32. The zero-order valence-electron chi connectivity index (χ0n) is 24.0.